The van der Waals surface area contributed by atoms with E-state index in [0.717, 1.165) is 6.07 Å². The average Bonchev–Trinajstić information content (AvgIpc) is 2.19. The Kier molecular flexibility index (Phi) is 3.94. The second-order valence-electron chi connectivity index (χ2n) is 2.82. The van der Waals surface area contributed by atoms with Crippen LogP contribution in [0.15, 0.2) is 18.2 Å². The van der Waals surface area contributed by atoms with Crippen LogP contribution in [-0.2, 0) is 4.74 Å². The van der Waals surface area contributed by atoms with Gasteiger partial charge in [0.2, 0.25) is 0 Å². The number of hydrogen-bond donors (Lipinski definition) is 2. The lowest BCUT2D eigenvalue weighted by Crippen LogP contribution is -2.31. The van der Waals surface area contributed by atoms with Crippen LogP contribution in [0, 0.1) is 11.6 Å². The fourth-order valence-electron chi connectivity index (χ4n) is 1.18. The van der Waals surface area contributed by atoms with E-state index in [4.69, 9.17) is 10.6 Å². The van der Waals surface area contributed by atoms with Gasteiger partial charge in [0, 0.05) is 12.7 Å². The molecule has 0 aliphatic heterocycles. The van der Waals surface area contributed by atoms with Gasteiger partial charge in [0.25, 0.3) is 0 Å². The molecule has 0 aliphatic carbocycles. The largest absolute Gasteiger partial charge is 0.383 e. The number of nitrogens with one attached hydrogen (secondary N) is 1. The van der Waals surface area contributed by atoms with Gasteiger partial charge < -0.3 is 4.74 Å². The van der Waals surface area contributed by atoms with Crippen molar-refractivity contribution in [3.63, 3.8) is 0 Å². The molecule has 78 valence electrons. The topological polar surface area (TPSA) is 47.3 Å². The molecule has 0 heterocycles. The highest BCUT2D eigenvalue weighted by Crippen LogP contribution is 2.18. The number of hydrazine groups is 1. The van der Waals surface area contributed by atoms with Gasteiger partial charge in [0.1, 0.15) is 0 Å². The lowest BCUT2D eigenvalue weighted by molar-refractivity contribution is 0.165. The number of nitrogens with two attached hydrogens (primary N) is 1. The predicted molar refractivity (Wildman–Crippen MR) is 48.3 cm³/mol. The quantitative estimate of drug-likeness (QED) is 0.568. The zero-order chi connectivity index (χ0) is 10.6. The molecule has 0 radical (unpaired) electrons. The summed E-state index contributed by atoms with van der Waals surface area (Å²) in [5.41, 5.74) is 2.52. The molecule has 0 bridgehead atoms. The molecular weight excluding hydrogens is 190 g/mol. The summed E-state index contributed by atoms with van der Waals surface area (Å²) >= 11 is 0. The van der Waals surface area contributed by atoms with E-state index in [2.05, 4.69) is 5.43 Å². The molecule has 0 aliphatic rings. The number of halogens is 2. The number of methoxy groups -OCH3 is 1. The van der Waals surface area contributed by atoms with Crippen molar-refractivity contribution in [2.75, 3.05) is 13.7 Å². The summed E-state index contributed by atoms with van der Waals surface area (Å²) in [6.07, 6.45) is 0. The van der Waals surface area contributed by atoms with Gasteiger partial charge >= 0.3 is 0 Å². The van der Waals surface area contributed by atoms with E-state index in [9.17, 15) is 8.78 Å². The monoisotopic (exact) mass is 202 g/mol. The van der Waals surface area contributed by atoms with Crippen molar-refractivity contribution in [3.8, 4) is 0 Å². The van der Waals surface area contributed by atoms with Crippen LogP contribution in [0.1, 0.15) is 11.6 Å². The lowest BCUT2D eigenvalue weighted by Gasteiger charge is -2.15. The molecule has 3 N–H and O–H groups in total. The van der Waals surface area contributed by atoms with E-state index in [0.29, 0.717) is 0 Å². The summed E-state index contributed by atoms with van der Waals surface area (Å²) in [7, 11) is 1.46. The zero-order valence-electron chi connectivity index (χ0n) is 7.76. The van der Waals surface area contributed by atoms with E-state index in [-0.39, 0.29) is 12.2 Å². The van der Waals surface area contributed by atoms with Gasteiger partial charge in [-0.05, 0) is 6.07 Å². The van der Waals surface area contributed by atoms with Gasteiger partial charge in [-0.25, -0.2) is 8.78 Å². The SMILES string of the molecule is COCC(NN)c1cccc(F)c1F. The van der Waals surface area contributed by atoms with Crippen molar-refractivity contribution >= 4 is 0 Å². The van der Waals surface area contributed by atoms with E-state index in [1.807, 2.05) is 0 Å². The number of rotatable bonds is 4. The third-order valence-electron chi connectivity index (χ3n) is 1.89. The van der Waals surface area contributed by atoms with Gasteiger partial charge in [0.05, 0.1) is 12.6 Å². The summed E-state index contributed by atoms with van der Waals surface area (Å²) in [6, 6.07) is 3.39. The zero-order valence-corrected chi connectivity index (χ0v) is 7.76. The molecule has 1 rings (SSSR count). The molecule has 1 aromatic rings. The minimum Gasteiger partial charge on any atom is -0.383 e. The highest BCUT2D eigenvalue weighted by Gasteiger charge is 2.16. The summed E-state index contributed by atoms with van der Waals surface area (Å²) in [4.78, 5) is 0. The van der Waals surface area contributed by atoms with Crippen LogP contribution in [0.4, 0.5) is 8.78 Å². The summed E-state index contributed by atoms with van der Waals surface area (Å²) in [6.45, 7) is 0.177. The molecule has 1 unspecified atom stereocenters. The number of ether oxygens (including phenoxy) is 1. The first kappa shape index (κ1) is 11.0. The Morgan fingerprint density at radius 2 is 2.21 bits per heavy atom. The first-order chi connectivity index (χ1) is 6.70. The highest BCUT2D eigenvalue weighted by atomic mass is 19.2. The molecule has 0 saturated heterocycles. The van der Waals surface area contributed by atoms with Crippen molar-refractivity contribution in [2.24, 2.45) is 5.84 Å². The van der Waals surface area contributed by atoms with Crippen LogP contribution >= 0.6 is 0 Å². The second-order valence-corrected chi connectivity index (χ2v) is 2.82. The van der Waals surface area contributed by atoms with Crippen molar-refractivity contribution in [1.29, 1.82) is 0 Å². The minimum absolute atomic E-state index is 0.161. The first-order valence-electron chi connectivity index (χ1n) is 4.09. The normalized spacial score (nSPS) is 12.9. The molecule has 0 aromatic heterocycles. The smallest absolute Gasteiger partial charge is 0.163 e. The van der Waals surface area contributed by atoms with Crippen molar-refractivity contribution in [2.45, 2.75) is 6.04 Å². The van der Waals surface area contributed by atoms with E-state index < -0.39 is 17.7 Å². The Bertz CT molecular complexity index is 307. The molecule has 0 spiro atoms. The predicted octanol–water partition coefficient (Wildman–Crippen LogP) is 1.12. The van der Waals surface area contributed by atoms with Crippen LogP contribution in [0.25, 0.3) is 0 Å². The molecule has 14 heavy (non-hydrogen) atoms. The third kappa shape index (κ3) is 2.25. The molecule has 3 nitrogen and oxygen atoms in total. The van der Waals surface area contributed by atoms with Gasteiger partial charge in [-0.2, -0.15) is 0 Å². The Labute approximate surface area is 80.8 Å². The second kappa shape index (κ2) is 4.99. The van der Waals surface area contributed by atoms with E-state index in [1.54, 1.807) is 0 Å². The molecule has 0 saturated carbocycles. The molecule has 1 atom stereocenters. The minimum atomic E-state index is -0.896. The summed E-state index contributed by atoms with van der Waals surface area (Å²) in [5.74, 6) is 3.40. The fourth-order valence-corrected chi connectivity index (χ4v) is 1.18. The molecule has 0 amide bonds. The van der Waals surface area contributed by atoms with E-state index >= 15 is 0 Å². The number of hydrogen-bond acceptors (Lipinski definition) is 3. The van der Waals surface area contributed by atoms with Crippen LogP contribution in [0.5, 0.6) is 0 Å². The lowest BCUT2D eigenvalue weighted by atomic mass is 10.1. The maximum atomic E-state index is 13.2. The van der Waals surface area contributed by atoms with Crippen molar-refractivity contribution in [1.82, 2.24) is 5.43 Å². The first-order valence-corrected chi connectivity index (χ1v) is 4.09. The molecular formula is C9H12F2N2O. The Morgan fingerprint density at radius 3 is 2.79 bits per heavy atom. The van der Waals surface area contributed by atoms with Gasteiger partial charge in [-0.3, -0.25) is 11.3 Å². The Balaban J connectivity index is 2.97. The van der Waals surface area contributed by atoms with Gasteiger partial charge in [-0.1, -0.05) is 12.1 Å². The maximum Gasteiger partial charge on any atom is 0.163 e. The fraction of sp³-hybridized carbons (Fsp3) is 0.333. The van der Waals surface area contributed by atoms with Crippen LogP contribution in [-0.4, -0.2) is 13.7 Å². The maximum absolute atomic E-state index is 13.2. The highest BCUT2D eigenvalue weighted by molar-refractivity contribution is 5.22. The van der Waals surface area contributed by atoms with Crippen molar-refractivity contribution in [3.05, 3.63) is 35.4 Å². The average molecular weight is 202 g/mol. The van der Waals surface area contributed by atoms with Gasteiger partial charge in [-0.15, -0.1) is 0 Å². The molecule has 1 aromatic carbocycles. The molecule has 5 heteroatoms. The van der Waals surface area contributed by atoms with Crippen LogP contribution in [0.3, 0.4) is 0 Å². The van der Waals surface area contributed by atoms with Crippen LogP contribution < -0.4 is 11.3 Å². The van der Waals surface area contributed by atoms with Crippen LogP contribution in [0.2, 0.25) is 0 Å². The Morgan fingerprint density at radius 1 is 1.50 bits per heavy atom. The van der Waals surface area contributed by atoms with Crippen molar-refractivity contribution < 1.29 is 13.5 Å². The Hall–Kier alpha value is -1.04. The molecule has 0 fully saturated rings. The summed E-state index contributed by atoms with van der Waals surface area (Å²) < 4.78 is 30.9. The van der Waals surface area contributed by atoms with E-state index in [1.165, 1.54) is 19.2 Å². The number of benzene rings is 1. The standard InChI is InChI=1S/C9H12F2N2O/c1-14-5-8(13-12)6-3-2-4-7(10)9(6)11/h2-4,8,13H,5,12H2,1H3. The third-order valence-corrected chi connectivity index (χ3v) is 1.89. The summed E-state index contributed by atoms with van der Waals surface area (Å²) in [5, 5.41) is 0. The van der Waals surface area contributed by atoms with Gasteiger partial charge in [0.15, 0.2) is 11.6 Å².